The molecule has 1 saturated heterocycles. The molecular weight excluding hydrogens is 228 g/mol. The average molecular weight is 254 g/mol. The zero-order valence-electron chi connectivity index (χ0n) is 11.1. The van der Waals surface area contributed by atoms with Crippen molar-refractivity contribution in [3.8, 4) is 0 Å². The van der Waals surface area contributed by atoms with Gasteiger partial charge in [-0.3, -0.25) is 4.90 Å². The first-order valence-electron chi connectivity index (χ1n) is 6.93. The van der Waals surface area contributed by atoms with Crippen molar-refractivity contribution in [1.82, 2.24) is 10.2 Å². The summed E-state index contributed by atoms with van der Waals surface area (Å²) in [5, 5.41) is 4.44. The highest BCUT2D eigenvalue weighted by molar-refractivity contribution is 7.99. The zero-order chi connectivity index (χ0) is 12.1. The van der Waals surface area contributed by atoms with Gasteiger partial charge in [-0.1, -0.05) is 6.58 Å². The Morgan fingerprint density at radius 1 is 1.29 bits per heavy atom. The van der Waals surface area contributed by atoms with Gasteiger partial charge in [-0.25, -0.2) is 0 Å². The van der Waals surface area contributed by atoms with Gasteiger partial charge in [0.1, 0.15) is 0 Å². The molecule has 0 spiro atoms. The Bertz CT molecular complexity index is 251. The van der Waals surface area contributed by atoms with Crippen molar-refractivity contribution in [2.45, 2.75) is 43.4 Å². The number of hydrogen-bond acceptors (Lipinski definition) is 3. The molecule has 1 heterocycles. The van der Waals surface area contributed by atoms with Crippen LogP contribution in [0.4, 0.5) is 0 Å². The fourth-order valence-electron chi connectivity index (χ4n) is 2.47. The van der Waals surface area contributed by atoms with Crippen LogP contribution in [-0.2, 0) is 0 Å². The molecule has 0 bridgehead atoms. The van der Waals surface area contributed by atoms with E-state index in [9.17, 15) is 0 Å². The van der Waals surface area contributed by atoms with Crippen LogP contribution < -0.4 is 5.32 Å². The highest BCUT2D eigenvalue weighted by Gasteiger charge is 2.21. The minimum absolute atomic E-state index is 0.803. The van der Waals surface area contributed by atoms with Gasteiger partial charge in [0, 0.05) is 24.4 Å². The highest BCUT2D eigenvalue weighted by Crippen LogP contribution is 2.22. The summed E-state index contributed by atoms with van der Waals surface area (Å²) in [6.07, 6.45) is 9.08. The van der Waals surface area contributed by atoms with E-state index in [1.807, 2.05) is 11.8 Å². The smallest absolute Gasteiger partial charge is 0.0202 e. The molecule has 3 heteroatoms. The van der Waals surface area contributed by atoms with Crippen molar-refractivity contribution in [2.24, 2.45) is 0 Å². The van der Waals surface area contributed by atoms with Gasteiger partial charge in [0.05, 0.1) is 0 Å². The molecule has 0 amide bonds. The van der Waals surface area contributed by atoms with Crippen molar-refractivity contribution in [2.75, 3.05) is 32.4 Å². The van der Waals surface area contributed by atoms with Gasteiger partial charge in [-0.05, 0) is 57.0 Å². The number of nitrogens with one attached hydrogen (secondary N) is 1. The summed E-state index contributed by atoms with van der Waals surface area (Å²) in [4.78, 5) is 2.59. The number of rotatable bonds is 6. The molecule has 1 saturated carbocycles. The van der Waals surface area contributed by atoms with E-state index in [-0.39, 0.29) is 0 Å². The van der Waals surface area contributed by atoms with E-state index in [1.54, 1.807) is 0 Å². The average Bonchev–Trinajstić information content (AvgIpc) is 3.14. The minimum atomic E-state index is 0.803. The van der Waals surface area contributed by atoms with E-state index in [1.165, 1.54) is 50.8 Å². The molecule has 2 fully saturated rings. The molecule has 2 aliphatic rings. The maximum atomic E-state index is 4.21. The summed E-state index contributed by atoms with van der Waals surface area (Å²) >= 11 is 2.04. The molecule has 98 valence electrons. The topological polar surface area (TPSA) is 15.3 Å². The van der Waals surface area contributed by atoms with Crippen molar-refractivity contribution in [3.05, 3.63) is 12.2 Å². The third kappa shape index (κ3) is 5.02. The molecule has 0 radical (unpaired) electrons. The first kappa shape index (κ1) is 13.4. The third-order valence-corrected chi connectivity index (χ3v) is 4.90. The van der Waals surface area contributed by atoms with Crippen LogP contribution >= 0.6 is 11.8 Å². The lowest BCUT2D eigenvalue weighted by Gasteiger charge is -2.21. The summed E-state index contributed by atoms with van der Waals surface area (Å²) in [7, 11) is 0. The molecule has 1 unspecified atom stereocenters. The summed E-state index contributed by atoms with van der Waals surface area (Å²) in [5.74, 6) is 0. The predicted molar refractivity (Wildman–Crippen MR) is 77.8 cm³/mol. The van der Waals surface area contributed by atoms with Gasteiger partial charge in [-0.2, -0.15) is 11.8 Å². The normalized spacial score (nSPS) is 26.8. The third-order valence-electron chi connectivity index (χ3n) is 3.77. The van der Waals surface area contributed by atoms with Gasteiger partial charge >= 0.3 is 0 Å². The summed E-state index contributed by atoms with van der Waals surface area (Å²) in [5.41, 5.74) is 1.36. The number of likely N-dealkylation sites (tertiary alicyclic amines) is 1. The standard InChI is InChI=1S/C14H26N2S/c1-12(10-15-13-5-6-13)11-16-8-3-4-14(17-2)7-9-16/h13-15H,1,3-11H2,2H3. The molecule has 1 atom stereocenters. The Labute approximate surface area is 110 Å². The van der Waals surface area contributed by atoms with E-state index >= 15 is 0 Å². The summed E-state index contributed by atoms with van der Waals surface area (Å²) < 4.78 is 0. The minimum Gasteiger partial charge on any atom is -0.310 e. The van der Waals surface area contributed by atoms with Gasteiger partial charge in [0.15, 0.2) is 0 Å². The molecule has 1 N–H and O–H groups in total. The highest BCUT2D eigenvalue weighted by atomic mass is 32.2. The van der Waals surface area contributed by atoms with Crippen LogP contribution in [0.1, 0.15) is 32.1 Å². The molecule has 2 rings (SSSR count). The maximum absolute atomic E-state index is 4.21. The van der Waals surface area contributed by atoms with Gasteiger partial charge in [-0.15, -0.1) is 0 Å². The molecule has 0 aromatic rings. The number of thioether (sulfide) groups is 1. The van der Waals surface area contributed by atoms with Crippen molar-refractivity contribution < 1.29 is 0 Å². The van der Waals surface area contributed by atoms with E-state index in [4.69, 9.17) is 0 Å². The van der Waals surface area contributed by atoms with Gasteiger partial charge < -0.3 is 5.32 Å². The van der Waals surface area contributed by atoms with Crippen molar-refractivity contribution in [1.29, 1.82) is 0 Å². The molecule has 2 nitrogen and oxygen atoms in total. The second-order valence-electron chi connectivity index (χ2n) is 5.47. The molecule has 1 aliphatic carbocycles. The summed E-state index contributed by atoms with van der Waals surface area (Å²) in [6, 6.07) is 0.803. The van der Waals surface area contributed by atoms with E-state index < -0.39 is 0 Å². The lowest BCUT2D eigenvalue weighted by atomic mass is 10.2. The quantitative estimate of drug-likeness (QED) is 0.733. The molecule has 0 aromatic heterocycles. The second-order valence-corrected chi connectivity index (χ2v) is 6.61. The molecular formula is C14H26N2S. The zero-order valence-corrected chi connectivity index (χ0v) is 11.9. The van der Waals surface area contributed by atoms with Crippen LogP contribution in [-0.4, -0.2) is 48.6 Å². The van der Waals surface area contributed by atoms with Crippen LogP contribution in [0.3, 0.4) is 0 Å². The SMILES string of the molecule is C=C(CNC1CC1)CN1CCCC(SC)CC1. The van der Waals surface area contributed by atoms with Gasteiger partial charge in [0.25, 0.3) is 0 Å². The Morgan fingerprint density at radius 2 is 2.12 bits per heavy atom. The Morgan fingerprint density at radius 3 is 2.82 bits per heavy atom. The Balaban J connectivity index is 1.64. The lowest BCUT2D eigenvalue weighted by molar-refractivity contribution is 0.307. The van der Waals surface area contributed by atoms with Crippen LogP contribution in [0.15, 0.2) is 12.2 Å². The molecule has 17 heavy (non-hydrogen) atoms. The molecule has 0 aromatic carbocycles. The first-order valence-corrected chi connectivity index (χ1v) is 8.22. The van der Waals surface area contributed by atoms with Crippen LogP contribution in [0.2, 0.25) is 0 Å². The monoisotopic (exact) mass is 254 g/mol. The van der Waals surface area contributed by atoms with Crippen LogP contribution in [0.25, 0.3) is 0 Å². The van der Waals surface area contributed by atoms with Gasteiger partial charge in [0.2, 0.25) is 0 Å². The van der Waals surface area contributed by atoms with E-state index in [0.29, 0.717) is 0 Å². The van der Waals surface area contributed by atoms with Crippen molar-refractivity contribution >= 4 is 11.8 Å². The Kier molecular flexibility index (Phi) is 5.39. The largest absolute Gasteiger partial charge is 0.310 e. The Hall–Kier alpha value is 0.0100. The lowest BCUT2D eigenvalue weighted by Crippen LogP contribution is -2.30. The van der Waals surface area contributed by atoms with Crippen molar-refractivity contribution in [3.63, 3.8) is 0 Å². The number of nitrogens with zero attached hydrogens (tertiary/aromatic N) is 1. The van der Waals surface area contributed by atoms with Crippen LogP contribution in [0, 0.1) is 0 Å². The van der Waals surface area contributed by atoms with E-state index in [2.05, 4.69) is 23.1 Å². The maximum Gasteiger partial charge on any atom is 0.0202 e. The fourth-order valence-corrected chi connectivity index (χ4v) is 3.21. The van der Waals surface area contributed by atoms with E-state index in [0.717, 1.165) is 24.4 Å². The fraction of sp³-hybridized carbons (Fsp3) is 0.857. The van der Waals surface area contributed by atoms with Crippen LogP contribution in [0.5, 0.6) is 0 Å². The molecule has 1 aliphatic heterocycles. The predicted octanol–water partition coefficient (Wildman–Crippen LogP) is 2.51. The second kappa shape index (κ2) is 6.81. The first-order chi connectivity index (χ1) is 8.28. The summed E-state index contributed by atoms with van der Waals surface area (Å²) in [6.45, 7) is 8.85. The number of hydrogen-bond donors (Lipinski definition) is 1.